The molecule has 5 nitrogen and oxygen atoms in total. The van der Waals surface area contributed by atoms with Gasteiger partial charge in [0.15, 0.2) is 17.5 Å². The van der Waals surface area contributed by atoms with Crippen LogP contribution in [-0.4, -0.2) is 50.3 Å². The topological polar surface area (TPSA) is 46.1 Å². The molecule has 0 aromatic heterocycles. The van der Waals surface area contributed by atoms with Gasteiger partial charge in [-0.1, -0.05) is 18.6 Å². The summed E-state index contributed by atoms with van der Waals surface area (Å²) in [5.74, 6) is 2.56. The van der Waals surface area contributed by atoms with E-state index in [1.165, 1.54) is 25.7 Å². The Balaban J connectivity index is 0.00000243. The zero-order valence-electron chi connectivity index (χ0n) is 16.2. The molecular weight excluding hydrogens is 441 g/mol. The number of nitrogens with zero attached hydrogens (tertiary/aromatic N) is 2. The van der Waals surface area contributed by atoms with E-state index in [0.29, 0.717) is 12.0 Å². The molecule has 1 saturated carbocycles. The minimum atomic E-state index is -0.00905. The minimum absolute atomic E-state index is 0. The molecule has 1 aromatic carbocycles. The van der Waals surface area contributed by atoms with Gasteiger partial charge in [0.25, 0.3) is 0 Å². The van der Waals surface area contributed by atoms with E-state index in [1.54, 1.807) is 7.11 Å². The van der Waals surface area contributed by atoms with Crippen molar-refractivity contribution in [1.29, 1.82) is 0 Å². The number of ether oxygens (including phenoxy) is 2. The highest BCUT2D eigenvalue weighted by Crippen LogP contribution is 2.47. The van der Waals surface area contributed by atoms with Crippen LogP contribution in [0.4, 0.5) is 0 Å². The number of hydrogen-bond donors (Lipinski definition) is 1. The van der Waals surface area contributed by atoms with Crippen molar-refractivity contribution < 1.29 is 9.47 Å². The summed E-state index contributed by atoms with van der Waals surface area (Å²) in [6.45, 7) is 7.97. The fourth-order valence-electron chi connectivity index (χ4n) is 3.81. The van der Waals surface area contributed by atoms with Gasteiger partial charge in [-0.3, -0.25) is 0 Å². The summed E-state index contributed by atoms with van der Waals surface area (Å²) < 4.78 is 11.4. The normalized spacial score (nSPS) is 19.5. The van der Waals surface area contributed by atoms with E-state index in [-0.39, 0.29) is 30.1 Å². The Hall–Kier alpha value is -1.18. The third-order valence-corrected chi connectivity index (χ3v) is 5.38. The Morgan fingerprint density at radius 2 is 2.00 bits per heavy atom. The molecule has 3 rings (SSSR count). The number of methoxy groups -OCH3 is 1. The van der Waals surface area contributed by atoms with E-state index < -0.39 is 0 Å². The molecule has 6 heteroatoms. The quantitative estimate of drug-likeness (QED) is 0.387. The molecule has 1 heterocycles. The summed E-state index contributed by atoms with van der Waals surface area (Å²) in [5, 5.41) is 3.45. The molecule has 0 bridgehead atoms. The number of nitrogens with one attached hydrogen (secondary N) is 1. The van der Waals surface area contributed by atoms with Crippen molar-refractivity contribution >= 4 is 29.9 Å². The van der Waals surface area contributed by atoms with E-state index in [9.17, 15) is 0 Å². The molecule has 1 spiro atoms. The molecule has 0 amide bonds. The fourth-order valence-corrected chi connectivity index (χ4v) is 3.81. The van der Waals surface area contributed by atoms with Crippen LogP contribution < -0.4 is 14.8 Å². The van der Waals surface area contributed by atoms with Crippen LogP contribution in [0.15, 0.2) is 29.3 Å². The lowest BCUT2D eigenvalue weighted by Gasteiger charge is -2.38. The van der Waals surface area contributed by atoms with Crippen LogP contribution in [-0.2, 0) is 0 Å². The van der Waals surface area contributed by atoms with Crippen molar-refractivity contribution in [2.24, 2.45) is 10.4 Å². The molecule has 1 aromatic rings. The van der Waals surface area contributed by atoms with Crippen molar-refractivity contribution in [2.75, 3.05) is 33.3 Å². The molecule has 2 aliphatic rings. The van der Waals surface area contributed by atoms with Crippen LogP contribution in [0.25, 0.3) is 0 Å². The van der Waals surface area contributed by atoms with Gasteiger partial charge in [0, 0.05) is 19.6 Å². The lowest BCUT2D eigenvalue weighted by atomic mass is 9.68. The Morgan fingerprint density at radius 3 is 2.58 bits per heavy atom. The van der Waals surface area contributed by atoms with Gasteiger partial charge < -0.3 is 19.7 Å². The average molecular weight is 473 g/mol. The molecule has 1 atom stereocenters. The largest absolute Gasteiger partial charge is 0.493 e. The van der Waals surface area contributed by atoms with Crippen molar-refractivity contribution in [1.82, 2.24) is 10.2 Å². The Morgan fingerprint density at radius 1 is 1.27 bits per heavy atom. The smallest absolute Gasteiger partial charge is 0.194 e. The molecule has 0 radical (unpaired) electrons. The SMILES string of the molecule is CCNC(=NCC(C)Oc1ccccc1OC)N1CCC2(CCC2)C1.I. The number of aliphatic imine (C=N–C) groups is 1. The molecule has 26 heavy (non-hydrogen) atoms. The standard InChI is InChI=1S/C20H31N3O2.HI/c1-4-21-19(23-13-12-20(15-23)10-7-11-20)22-14-16(2)25-18-9-6-5-8-17(18)24-3;/h5-6,8-9,16H,4,7,10-15H2,1-3H3,(H,21,22);1H. The van der Waals surface area contributed by atoms with Crippen molar-refractivity contribution in [3.8, 4) is 11.5 Å². The first-order valence-electron chi connectivity index (χ1n) is 9.49. The predicted octanol–water partition coefficient (Wildman–Crippen LogP) is 3.92. The summed E-state index contributed by atoms with van der Waals surface area (Å²) >= 11 is 0. The van der Waals surface area contributed by atoms with E-state index in [0.717, 1.165) is 37.1 Å². The molecule has 146 valence electrons. The lowest BCUT2D eigenvalue weighted by molar-refractivity contribution is 0.151. The summed E-state index contributed by atoms with van der Waals surface area (Å²) in [4.78, 5) is 7.27. The van der Waals surface area contributed by atoms with Crippen LogP contribution in [0.5, 0.6) is 11.5 Å². The highest BCUT2D eigenvalue weighted by molar-refractivity contribution is 14.0. The van der Waals surface area contributed by atoms with Gasteiger partial charge in [-0.2, -0.15) is 0 Å². The zero-order valence-corrected chi connectivity index (χ0v) is 18.5. The second-order valence-corrected chi connectivity index (χ2v) is 7.30. The molecule has 1 saturated heterocycles. The fraction of sp³-hybridized carbons (Fsp3) is 0.650. The number of halogens is 1. The molecule has 1 unspecified atom stereocenters. The third-order valence-electron chi connectivity index (χ3n) is 5.38. The maximum absolute atomic E-state index is 6.02. The van der Waals surface area contributed by atoms with E-state index in [1.807, 2.05) is 24.3 Å². The summed E-state index contributed by atoms with van der Waals surface area (Å²) in [6.07, 6.45) is 5.47. The highest BCUT2D eigenvalue weighted by atomic mass is 127. The maximum atomic E-state index is 6.02. The Bertz CT molecular complexity index is 604. The van der Waals surface area contributed by atoms with Crippen molar-refractivity contribution in [2.45, 2.75) is 45.6 Å². The molecule has 2 fully saturated rings. The van der Waals surface area contributed by atoms with Gasteiger partial charge >= 0.3 is 0 Å². The Kier molecular flexibility index (Phi) is 7.85. The first-order valence-corrected chi connectivity index (χ1v) is 9.49. The second kappa shape index (κ2) is 9.67. The zero-order chi connectivity index (χ0) is 17.7. The van der Waals surface area contributed by atoms with Crippen LogP contribution in [0, 0.1) is 5.41 Å². The molecular formula is C20H32IN3O2. The molecule has 1 N–H and O–H groups in total. The van der Waals surface area contributed by atoms with Crippen LogP contribution in [0.3, 0.4) is 0 Å². The van der Waals surface area contributed by atoms with Gasteiger partial charge in [0.2, 0.25) is 0 Å². The summed E-state index contributed by atoms with van der Waals surface area (Å²) in [5.41, 5.74) is 0.579. The van der Waals surface area contributed by atoms with Gasteiger partial charge in [0.1, 0.15) is 6.10 Å². The molecule has 1 aliphatic carbocycles. The first kappa shape index (κ1) is 21.1. The summed E-state index contributed by atoms with van der Waals surface area (Å²) in [6, 6.07) is 7.75. The predicted molar refractivity (Wildman–Crippen MR) is 117 cm³/mol. The van der Waals surface area contributed by atoms with Gasteiger partial charge in [-0.25, -0.2) is 4.99 Å². The average Bonchev–Trinajstić information content (AvgIpc) is 3.05. The van der Waals surface area contributed by atoms with E-state index in [4.69, 9.17) is 14.5 Å². The van der Waals surface area contributed by atoms with Crippen molar-refractivity contribution in [3.63, 3.8) is 0 Å². The summed E-state index contributed by atoms with van der Waals surface area (Å²) in [7, 11) is 1.66. The first-order chi connectivity index (χ1) is 12.2. The number of para-hydroxylation sites is 2. The second-order valence-electron chi connectivity index (χ2n) is 7.30. The van der Waals surface area contributed by atoms with Gasteiger partial charge in [-0.15, -0.1) is 24.0 Å². The van der Waals surface area contributed by atoms with Crippen LogP contribution in [0.1, 0.15) is 39.5 Å². The van der Waals surface area contributed by atoms with Gasteiger partial charge in [-0.05, 0) is 50.7 Å². The lowest BCUT2D eigenvalue weighted by Crippen LogP contribution is -2.43. The third kappa shape index (κ3) is 4.96. The number of likely N-dealkylation sites (tertiary alicyclic amines) is 1. The number of rotatable bonds is 6. The molecule has 1 aliphatic heterocycles. The Labute approximate surface area is 174 Å². The number of guanidine groups is 1. The minimum Gasteiger partial charge on any atom is -0.493 e. The van der Waals surface area contributed by atoms with Crippen LogP contribution in [0.2, 0.25) is 0 Å². The highest BCUT2D eigenvalue weighted by Gasteiger charge is 2.43. The number of hydrogen-bond acceptors (Lipinski definition) is 3. The van der Waals surface area contributed by atoms with Crippen LogP contribution >= 0.6 is 24.0 Å². The van der Waals surface area contributed by atoms with Crippen molar-refractivity contribution in [3.05, 3.63) is 24.3 Å². The van der Waals surface area contributed by atoms with E-state index in [2.05, 4.69) is 24.1 Å². The number of benzene rings is 1. The van der Waals surface area contributed by atoms with E-state index >= 15 is 0 Å². The maximum Gasteiger partial charge on any atom is 0.194 e. The monoisotopic (exact) mass is 473 g/mol. The van der Waals surface area contributed by atoms with Gasteiger partial charge in [0.05, 0.1) is 13.7 Å².